The van der Waals surface area contributed by atoms with E-state index in [1.54, 1.807) is 0 Å². The Balaban J connectivity index is 2.49. The minimum atomic E-state index is 0.818. The first-order valence-electron chi connectivity index (χ1n) is 5.77. The highest BCUT2D eigenvalue weighted by Crippen LogP contribution is 2.40. The topological polar surface area (TPSA) is 0 Å². The zero-order valence-corrected chi connectivity index (χ0v) is 11.7. The van der Waals surface area contributed by atoms with E-state index < -0.39 is 0 Å². The fourth-order valence-electron chi connectivity index (χ4n) is 2.75. The van der Waals surface area contributed by atoms with Crippen molar-refractivity contribution in [3.8, 4) is 0 Å². The average Bonchev–Trinajstić information content (AvgIpc) is 2.38. The van der Waals surface area contributed by atoms with Gasteiger partial charge in [0.1, 0.15) is 0 Å². The Hall–Kier alpha value is -1.31. The van der Waals surface area contributed by atoms with Crippen molar-refractivity contribution in [2.45, 2.75) is 0 Å². The molecular formula is C16H8BrCl. The molecule has 0 N–H and O–H groups in total. The summed E-state index contributed by atoms with van der Waals surface area (Å²) in [6, 6.07) is 16.9. The highest BCUT2D eigenvalue weighted by molar-refractivity contribution is 9.10. The van der Waals surface area contributed by atoms with Crippen molar-refractivity contribution in [1.29, 1.82) is 0 Å². The third-order valence-electron chi connectivity index (χ3n) is 3.54. The second kappa shape index (κ2) is 3.59. The van der Waals surface area contributed by atoms with E-state index in [1.807, 2.05) is 0 Å². The second-order valence-corrected chi connectivity index (χ2v) is 5.78. The number of hydrogen-bond acceptors (Lipinski definition) is 0. The van der Waals surface area contributed by atoms with Crippen LogP contribution in [0.5, 0.6) is 0 Å². The summed E-state index contributed by atoms with van der Waals surface area (Å²) in [6.45, 7) is 0. The maximum atomic E-state index is 6.40. The van der Waals surface area contributed by atoms with Crippen LogP contribution >= 0.6 is 27.5 Å². The van der Waals surface area contributed by atoms with Crippen LogP contribution in [0.4, 0.5) is 0 Å². The molecule has 0 saturated heterocycles. The molecule has 18 heavy (non-hydrogen) atoms. The summed E-state index contributed by atoms with van der Waals surface area (Å²) >= 11 is 10.0. The number of halogens is 2. The van der Waals surface area contributed by atoms with Gasteiger partial charge in [-0.15, -0.1) is 0 Å². The molecule has 4 aromatic carbocycles. The zero-order valence-electron chi connectivity index (χ0n) is 9.37. The van der Waals surface area contributed by atoms with Crippen LogP contribution in [-0.2, 0) is 0 Å². The molecule has 0 aliphatic rings. The molecular weight excluding hydrogens is 308 g/mol. The Labute approximate surface area is 118 Å². The van der Waals surface area contributed by atoms with Gasteiger partial charge in [0.05, 0.1) is 0 Å². The van der Waals surface area contributed by atoms with Gasteiger partial charge in [-0.1, -0.05) is 63.9 Å². The van der Waals surface area contributed by atoms with Crippen LogP contribution in [0, 0.1) is 0 Å². The van der Waals surface area contributed by atoms with Crippen LogP contribution in [0.15, 0.2) is 53.0 Å². The largest absolute Gasteiger partial charge is 0.0836 e. The monoisotopic (exact) mass is 314 g/mol. The summed E-state index contributed by atoms with van der Waals surface area (Å²) in [5.74, 6) is 0. The Morgan fingerprint density at radius 3 is 2.44 bits per heavy atom. The average molecular weight is 316 g/mol. The first-order chi connectivity index (χ1) is 8.75. The standard InChI is InChI=1S/C16H8BrCl/c17-13-7-6-12-14(18)8-10-3-1-2-9-4-5-11(13)16(12)15(9)10/h1-8H. The maximum absolute atomic E-state index is 6.40. The van der Waals surface area contributed by atoms with E-state index >= 15 is 0 Å². The SMILES string of the molecule is Clc1cc2cccc3ccc4c(Br)ccc1c4c32. The highest BCUT2D eigenvalue weighted by atomic mass is 79.9. The van der Waals surface area contributed by atoms with E-state index in [0.717, 1.165) is 14.9 Å². The lowest BCUT2D eigenvalue weighted by molar-refractivity contribution is 1.75. The minimum absolute atomic E-state index is 0.818. The quantitative estimate of drug-likeness (QED) is 0.349. The van der Waals surface area contributed by atoms with Crippen molar-refractivity contribution in [2.75, 3.05) is 0 Å². The Bertz CT molecular complexity index is 890. The lowest BCUT2D eigenvalue weighted by atomic mass is 9.94. The third-order valence-corrected chi connectivity index (χ3v) is 4.54. The second-order valence-electron chi connectivity index (χ2n) is 4.52. The van der Waals surface area contributed by atoms with E-state index in [2.05, 4.69) is 64.5 Å². The van der Waals surface area contributed by atoms with Crippen molar-refractivity contribution in [3.63, 3.8) is 0 Å². The van der Waals surface area contributed by atoms with Gasteiger partial charge >= 0.3 is 0 Å². The molecule has 0 saturated carbocycles. The normalized spacial score (nSPS) is 11.9. The van der Waals surface area contributed by atoms with E-state index in [1.165, 1.54) is 26.9 Å². The molecule has 0 atom stereocenters. The maximum Gasteiger partial charge on any atom is 0.0491 e. The van der Waals surface area contributed by atoms with Crippen LogP contribution in [-0.4, -0.2) is 0 Å². The summed E-state index contributed by atoms with van der Waals surface area (Å²) in [4.78, 5) is 0. The molecule has 2 heteroatoms. The lowest BCUT2D eigenvalue weighted by Crippen LogP contribution is -1.85. The molecule has 0 amide bonds. The van der Waals surface area contributed by atoms with Gasteiger partial charge in [-0.05, 0) is 39.1 Å². The molecule has 0 aliphatic carbocycles. The molecule has 86 valence electrons. The molecule has 0 fully saturated rings. The molecule has 0 unspecified atom stereocenters. The highest BCUT2D eigenvalue weighted by Gasteiger charge is 2.11. The summed E-state index contributed by atoms with van der Waals surface area (Å²) in [7, 11) is 0. The van der Waals surface area contributed by atoms with Gasteiger partial charge < -0.3 is 0 Å². The lowest BCUT2D eigenvalue weighted by Gasteiger charge is -2.12. The van der Waals surface area contributed by atoms with Gasteiger partial charge in [0.15, 0.2) is 0 Å². The van der Waals surface area contributed by atoms with Gasteiger partial charge in [0.2, 0.25) is 0 Å². The first kappa shape index (κ1) is 10.6. The van der Waals surface area contributed by atoms with Gasteiger partial charge in [0, 0.05) is 14.9 Å². The van der Waals surface area contributed by atoms with Gasteiger partial charge in [-0.2, -0.15) is 0 Å². The van der Waals surface area contributed by atoms with E-state index in [0.29, 0.717) is 0 Å². The van der Waals surface area contributed by atoms with Crippen LogP contribution < -0.4 is 0 Å². The van der Waals surface area contributed by atoms with E-state index in [9.17, 15) is 0 Å². The zero-order chi connectivity index (χ0) is 12.3. The summed E-state index contributed by atoms with van der Waals surface area (Å²) in [6.07, 6.45) is 0. The fourth-order valence-corrected chi connectivity index (χ4v) is 3.49. The molecule has 0 bridgehead atoms. The summed E-state index contributed by atoms with van der Waals surface area (Å²) < 4.78 is 1.12. The summed E-state index contributed by atoms with van der Waals surface area (Å²) in [5.41, 5.74) is 0. The van der Waals surface area contributed by atoms with Crippen molar-refractivity contribution < 1.29 is 0 Å². The van der Waals surface area contributed by atoms with Gasteiger partial charge in [-0.25, -0.2) is 0 Å². The van der Waals surface area contributed by atoms with Crippen LogP contribution in [0.25, 0.3) is 32.3 Å². The number of benzene rings is 4. The van der Waals surface area contributed by atoms with Crippen LogP contribution in [0.2, 0.25) is 5.02 Å². The molecule has 4 aromatic rings. The van der Waals surface area contributed by atoms with Crippen molar-refractivity contribution in [2.24, 2.45) is 0 Å². The molecule has 0 aromatic heterocycles. The molecule has 0 spiro atoms. The van der Waals surface area contributed by atoms with Crippen molar-refractivity contribution in [1.82, 2.24) is 0 Å². The predicted molar refractivity (Wildman–Crippen MR) is 82.9 cm³/mol. The molecule has 0 heterocycles. The van der Waals surface area contributed by atoms with E-state index in [4.69, 9.17) is 11.6 Å². The van der Waals surface area contributed by atoms with Gasteiger partial charge in [0.25, 0.3) is 0 Å². The third kappa shape index (κ3) is 1.26. The number of hydrogen-bond donors (Lipinski definition) is 0. The van der Waals surface area contributed by atoms with Crippen LogP contribution in [0.1, 0.15) is 0 Å². The fraction of sp³-hybridized carbons (Fsp3) is 0. The van der Waals surface area contributed by atoms with Crippen molar-refractivity contribution in [3.05, 3.63) is 58.0 Å². The molecule has 0 aliphatic heterocycles. The van der Waals surface area contributed by atoms with Gasteiger partial charge in [-0.3, -0.25) is 0 Å². The van der Waals surface area contributed by atoms with E-state index in [-0.39, 0.29) is 0 Å². The molecule has 4 rings (SSSR count). The van der Waals surface area contributed by atoms with Crippen LogP contribution in [0.3, 0.4) is 0 Å². The Morgan fingerprint density at radius 1 is 0.778 bits per heavy atom. The van der Waals surface area contributed by atoms with Crippen molar-refractivity contribution >= 4 is 59.8 Å². The Morgan fingerprint density at radius 2 is 1.56 bits per heavy atom. The molecule has 0 nitrogen and oxygen atoms in total. The first-order valence-corrected chi connectivity index (χ1v) is 6.94. The predicted octanol–water partition coefficient (Wildman–Crippen LogP) is 6.00. The Kier molecular flexibility index (Phi) is 2.12. The smallest absolute Gasteiger partial charge is 0.0491 e. The summed E-state index contributed by atoms with van der Waals surface area (Å²) in [5, 5.41) is 8.19. The number of rotatable bonds is 0. The minimum Gasteiger partial charge on any atom is -0.0836 e. The molecule has 0 radical (unpaired) electrons.